The Morgan fingerprint density at radius 1 is 0.778 bits per heavy atom. The number of likely N-dealkylation sites (tertiary alicyclic amines) is 2. The van der Waals surface area contributed by atoms with Crippen LogP contribution in [0.2, 0.25) is 0 Å². The predicted octanol–water partition coefficient (Wildman–Crippen LogP) is 6.98. The quantitative estimate of drug-likeness (QED) is 0.118. The first kappa shape index (κ1) is 37.4. The van der Waals surface area contributed by atoms with E-state index >= 15 is 0 Å². The standard InChI is InChI=1S/C38H46N8O6S2/c1-19(2)31(43-37(49)51-5)35(47)45-13-7-9-25(45)33-39-18-24(42-33)28-17-30-29(54-28)16-27(53-30)21-11-12-22-23(15-21)41-34(40-22)26-10-8-14-46(26)36(48)32(20(3)4)44-38(50)52-6/h11-12,15-20,25-26,31-32H,7-10,13-14H2,1-6H3,(H,39,42)(H,40,41)(H,43,49)(H,44,50). The molecule has 0 spiro atoms. The first-order valence-corrected chi connectivity index (χ1v) is 20.0. The van der Waals surface area contributed by atoms with Crippen molar-refractivity contribution < 1.29 is 28.7 Å². The maximum atomic E-state index is 13.6. The molecular formula is C38H46N8O6S2. The van der Waals surface area contributed by atoms with Crippen LogP contribution >= 0.6 is 22.7 Å². The Labute approximate surface area is 321 Å². The molecule has 4 unspecified atom stereocenters. The molecule has 286 valence electrons. The van der Waals surface area contributed by atoms with E-state index in [0.29, 0.717) is 13.1 Å². The van der Waals surface area contributed by atoms with Crippen molar-refractivity contribution in [2.75, 3.05) is 27.3 Å². The Bertz CT molecular complexity index is 2150. The lowest BCUT2D eigenvalue weighted by atomic mass is 10.0. The minimum absolute atomic E-state index is 0.102. The Morgan fingerprint density at radius 2 is 1.33 bits per heavy atom. The Morgan fingerprint density at radius 3 is 1.91 bits per heavy atom. The van der Waals surface area contributed by atoms with E-state index in [0.717, 1.165) is 69.4 Å². The van der Waals surface area contributed by atoms with Gasteiger partial charge in [0.15, 0.2) is 0 Å². The molecule has 14 nitrogen and oxygen atoms in total. The van der Waals surface area contributed by atoms with Gasteiger partial charge in [0, 0.05) is 27.4 Å². The van der Waals surface area contributed by atoms with Crippen LogP contribution in [0.4, 0.5) is 9.59 Å². The van der Waals surface area contributed by atoms with Crippen LogP contribution < -0.4 is 10.6 Å². The number of methoxy groups -OCH3 is 2. The van der Waals surface area contributed by atoms with Gasteiger partial charge in [-0.05, 0) is 67.3 Å². The molecule has 0 saturated carbocycles. The Kier molecular flexibility index (Phi) is 10.7. The van der Waals surface area contributed by atoms with Crippen molar-refractivity contribution in [2.24, 2.45) is 11.8 Å². The zero-order valence-electron chi connectivity index (χ0n) is 31.2. The molecule has 54 heavy (non-hydrogen) atoms. The smallest absolute Gasteiger partial charge is 0.407 e. The number of nitrogens with zero attached hydrogens (tertiary/aromatic N) is 4. The summed E-state index contributed by atoms with van der Waals surface area (Å²) in [7, 11) is 2.58. The van der Waals surface area contributed by atoms with Gasteiger partial charge in [-0.2, -0.15) is 0 Å². The summed E-state index contributed by atoms with van der Waals surface area (Å²) in [6, 6.07) is 8.81. The average molecular weight is 775 g/mol. The molecule has 4 aromatic heterocycles. The summed E-state index contributed by atoms with van der Waals surface area (Å²) in [5.41, 5.74) is 3.71. The maximum Gasteiger partial charge on any atom is 0.407 e. The van der Waals surface area contributed by atoms with Crippen molar-refractivity contribution in [3.63, 3.8) is 0 Å². The molecule has 5 aromatic rings. The van der Waals surface area contributed by atoms with Crippen LogP contribution in [0.3, 0.4) is 0 Å². The molecule has 2 aliphatic rings. The molecule has 0 radical (unpaired) electrons. The number of carbonyl (C=O) groups excluding carboxylic acids is 4. The number of imidazole rings is 2. The number of thiophene rings is 2. The van der Waals surface area contributed by atoms with Gasteiger partial charge in [-0.1, -0.05) is 33.8 Å². The van der Waals surface area contributed by atoms with E-state index in [9.17, 15) is 19.2 Å². The summed E-state index contributed by atoms with van der Waals surface area (Å²) in [6.07, 6.45) is 3.87. The van der Waals surface area contributed by atoms with Crippen LogP contribution in [0.5, 0.6) is 0 Å². The maximum absolute atomic E-state index is 13.6. The third kappa shape index (κ3) is 7.28. The predicted molar refractivity (Wildman–Crippen MR) is 208 cm³/mol. The van der Waals surface area contributed by atoms with Crippen molar-refractivity contribution in [3.8, 4) is 21.0 Å². The molecule has 2 fully saturated rings. The van der Waals surface area contributed by atoms with Crippen LogP contribution in [0.25, 0.3) is 41.4 Å². The minimum Gasteiger partial charge on any atom is -0.453 e. The highest BCUT2D eigenvalue weighted by molar-refractivity contribution is 7.31. The summed E-state index contributed by atoms with van der Waals surface area (Å²) >= 11 is 3.41. The molecular weight excluding hydrogens is 729 g/mol. The van der Waals surface area contributed by atoms with Crippen molar-refractivity contribution in [3.05, 3.63) is 48.2 Å². The second-order valence-electron chi connectivity index (χ2n) is 14.6. The summed E-state index contributed by atoms with van der Waals surface area (Å²) in [5.74, 6) is 1.01. The van der Waals surface area contributed by atoms with E-state index in [1.165, 1.54) is 23.6 Å². The van der Waals surface area contributed by atoms with E-state index in [2.05, 4.69) is 44.9 Å². The van der Waals surface area contributed by atoms with Crippen LogP contribution in [-0.4, -0.2) is 93.1 Å². The number of H-pyrrole nitrogens is 2. The Hall–Kier alpha value is -4.96. The van der Waals surface area contributed by atoms with E-state index in [1.807, 2.05) is 49.8 Å². The number of benzene rings is 1. The number of hydrogen-bond acceptors (Lipinski definition) is 10. The van der Waals surface area contributed by atoms with E-state index in [4.69, 9.17) is 19.4 Å². The molecule has 4 N–H and O–H groups in total. The fraction of sp³-hybridized carbons (Fsp3) is 0.474. The van der Waals surface area contributed by atoms with Crippen molar-refractivity contribution in [1.82, 2.24) is 40.4 Å². The van der Waals surface area contributed by atoms with Gasteiger partial charge in [0.2, 0.25) is 11.8 Å². The Balaban J connectivity index is 1.06. The first-order chi connectivity index (χ1) is 25.9. The second-order valence-corrected chi connectivity index (χ2v) is 16.7. The monoisotopic (exact) mass is 774 g/mol. The highest BCUT2D eigenvalue weighted by atomic mass is 32.1. The lowest BCUT2D eigenvalue weighted by molar-refractivity contribution is -0.136. The zero-order chi connectivity index (χ0) is 38.3. The largest absolute Gasteiger partial charge is 0.453 e. The van der Waals surface area contributed by atoms with Crippen molar-refractivity contribution in [1.29, 1.82) is 0 Å². The van der Waals surface area contributed by atoms with Gasteiger partial charge in [-0.15, -0.1) is 22.7 Å². The molecule has 7 rings (SSSR count). The topological polar surface area (TPSA) is 175 Å². The fourth-order valence-corrected chi connectivity index (χ4v) is 9.83. The van der Waals surface area contributed by atoms with Crippen molar-refractivity contribution >= 4 is 67.1 Å². The molecule has 16 heteroatoms. The minimum atomic E-state index is -0.688. The number of aromatic amines is 2. The number of nitrogens with one attached hydrogen (secondary N) is 4. The molecule has 2 saturated heterocycles. The number of amides is 4. The zero-order valence-corrected chi connectivity index (χ0v) is 32.9. The summed E-state index contributed by atoms with van der Waals surface area (Å²) in [6.45, 7) is 8.82. The lowest BCUT2D eigenvalue weighted by Gasteiger charge is -2.30. The highest BCUT2D eigenvalue weighted by Crippen LogP contribution is 2.43. The number of rotatable bonds is 10. The second kappa shape index (κ2) is 15.4. The van der Waals surface area contributed by atoms with E-state index in [1.54, 1.807) is 22.7 Å². The van der Waals surface area contributed by atoms with Crippen LogP contribution in [-0.2, 0) is 19.1 Å². The van der Waals surface area contributed by atoms with E-state index in [-0.39, 0.29) is 35.7 Å². The molecule has 6 heterocycles. The molecule has 4 atom stereocenters. The summed E-state index contributed by atoms with van der Waals surface area (Å²) in [5, 5.41) is 5.41. The molecule has 4 amide bonds. The molecule has 2 aliphatic heterocycles. The SMILES string of the molecule is COC(=O)NC(C(=O)N1CCCC1c1ncc(-c2cc3sc(-c4ccc5nc(C6CCCN6C(=O)C(NC(=O)OC)C(C)C)[nH]c5c4)cc3s2)[nH]1)C(C)C. The third-order valence-electron chi connectivity index (χ3n) is 10.3. The van der Waals surface area contributed by atoms with Gasteiger partial charge in [0.1, 0.15) is 23.7 Å². The van der Waals surface area contributed by atoms with Gasteiger partial charge >= 0.3 is 12.2 Å². The summed E-state index contributed by atoms with van der Waals surface area (Å²) < 4.78 is 11.9. The summed E-state index contributed by atoms with van der Waals surface area (Å²) in [4.78, 5) is 73.5. The fourth-order valence-electron chi connectivity index (χ4n) is 7.47. The first-order valence-electron chi connectivity index (χ1n) is 18.3. The average Bonchev–Trinajstić information content (AvgIpc) is 3.99. The van der Waals surface area contributed by atoms with Crippen molar-refractivity contribution in [2.45, 2.75) is 77.5 Å². The van der Waals surface area contributed by atoms with Crippen LogP contribution in [0.1, 0.15) is 77.1 Å². The van der Waals surface area contributed by atoms with Gasteiger partial charge in [0.05, 0.1) is 54.1 Å². The number of aromatic nitrogens is 4. The molecule has 0 bridgehead atoms. The van der Waals surface area contributed by atoms with E-state index < -0.39 is 24.3 Å². The lowest BCUT2D eigenvalue weighted by Crippen LogP contribution is -2.51. The van der Waals surface area contributed by atoms with Gasteiger partial charge < -0.3 is 39.9 Å². The number of hydrogen-bond donors (Lipinski definition) is 4. The van der Waals surface area contributed by atoms with Crippen LogP contribution in [0.15, 0.2) is 36.5 Å². The van der Waals surface area contributed by atoms with Crippen LogP contribution in [0, 0.1) is 11.8 Å². The molecule has 0 aliphatic carbocycles. The number of ether oxygens (including phenoxy) is 2. The van der Waals surface area contributed by atoms with Gasteiger partial charge in [-0.3, -0.25) is 9.59 Å². The highest BCUT2D eigenvalue weighted by Gasteiger charge is 2.39. The number of carbonyl (C=O) groups is 4. The number of alkyl carbamates (subject to hydrolysis) is 2. The molecule has 1 aromatic carbocycles. The number of fused-ring (bicyclic) bond motifs is 2. The van der Waals surface area contributed by atoms with Gasteiger partial charge in [0.25, 0.3) is 0 Å². The normalized spacial score (nSPS) is 18.5. The third-order valence-corrected chi connectivity index (χ3v) is 12.7. The van der Waals surface area contributed by atoms with Gasteiger partial charge in [-0.25, -0.2) is 19.6 Å².